The number of likely N-dealkylation sites (tertiary alicyclic amines) is 1. The summed E-state index contributed by atoms with van der Waals surface area (Å²) in [6, 6.07) is 1.45. The van der Waals surface area contributed by atoms with Crippen molar-refractivity contribution in [3.8, 4) is 0 Å². The molecule has 1 aliphatic rings. The first-order valence-corrected chi connectivity index (χ1v) is 5.16. The van der Waals surface area contributed by atoms with Crippen LogP contribution in [0, 0.1) is 6.92 Å². The van der Waals surface area contributed by atoms with Gasteiger partial charge in [-0.1, -0.05) is 0 Å². The molecule has 1 aliphatic heterocycles. The number of carbonyl (C=O) groups is 2. The molecule has 1 unspecified atom stereocenters. The molecule has 1 aromatic rings. The van der Waals surface area contributed by atoms with Gasteiger partial charge in [-0.2, -0.15) is 0 Å². The minimum atomic E-state index is -0.415. The third-order valence-corrected chi connectivity index (χ3v) is 2.86. The molecule has 0 radical (unpaired) electrons. The van der Waals surface area contributed by atoms with Gasteiger partial charge in [-0.25, -0.2) is 0 Å². The van der Waals surface area contributed by atoms with Gasteiger partial charge in [0.25, 0.3) is 0 Å². The van der Waals surface area contributed by atoms with Crippen molar-refractivity contribution in [1.29, 1.82) is 0 Å². The number of hydrogen-bond acceptors (Lipinski definition) is 4. The highest BCUT2D eigenvalue weighted by molar-refractivity contribution is 6.05. The summed E-state index contributed by atoms with van der Waals surface area (Å²) in [5.74, 6) is 0.489. The lowest BCUT2D eigenvalue weighted by Gasteiger charge is -2.09. The summed E-state index contributed by atoms with van der Waals surface area (Å²) in [4.78, 5) is 24.0. The van der Waals surface area contributed by atoms with Crippen molar-refractivity contribution >= 4 is 11.8 Å². The lowest BCUT2D eigenvalue weighted by molar-refractivity contribution is -0.137. The van der Waals surface area contributed by atoms with Crippen molar-refractivity contribution in [3.05, 3.63) is 23.7 Å². The predicted octanol–water partition coefficient (Wildman–Crippen LogP) is 0.435. The number of furan rings is 1. The third-order valence-electron chi connectivity index (χ3n) is 2.86. The number of imide groups is 1. The zero-order chi connectivity index (χ0) is 11.7. The van der Waals surface area contributed by atoms with Gasteiger partial charge in [-0.3, -0.25) is 19.8 Å². The molecule has 0 spiro atoms. The van der Waals surface area contributed by atoms with Crippen LogP contribution in [0.5, 0.6) is 0 Å². The van der Waals surface area contributed by atoms with E-state index in [0.29, 0.717) is 6.54 Å². The van der Waals surface area contributed by atoms with E-state index >= 15 is 0 Å². The zero-order valence-corrected chi connectivity index (χ0v) is 9.32. The third kappa shape index (κ3) is 1.86. The van der Waals surface area contributed by atoms with Gasteiger partial charge < -0.3 is 4.42 Å². The number of likely N-dealkylation sites (N-methyl/N-ethyl adjacent to an activating group) is 1. The Morgan fingerprint density at radius 1 is 1.56 bits per heavy atom. The van der Waals surface area contributed by atoms with Gasteiger partial charge in [0.1, 0.15) is 5.76 Å². The van der Waals surface area contributed by atoms with Gasteiger partial charge in [-0.05, 0) is 18.6 Å². The molecular weight excluding hydrogens is 208 g/mol. The van der Waals surface area contributed by atoms with Gasteiger partial charge in [-0.15, -0.1) is 0 Å². The van der Waals surface area contributed by atoms with E-state index in [0.717, 1.165) is 16.2 Å². The standard InChI is InChI=1S/C11H14N2O3/c1-7-3-4-16-9(7)6-12-8-5-10(14)13(2)11(8)15/h3-4,8,12H,5-6H2,1-2H3. The second-order valence-electron chi connectivity index (χ2n) is 3.96. The van der Waals surface area contributed by atoms with Crippen LogP contribution in [0.1, 0.15) is 17.7 Å². The van der Waals surface area contributed by atoms with E-state index in [9.17, 15) is 9.59 Å². The van der Waals surface area contributed by atoms with Crippen LogP contribution in [0.4, 0.5) is 0 Å². The molecule has 1 atom stereocenters. The largest absolute Gasteiger partial charge is 0.468 e. The normalized spacial score (nSPS) is 20.9. The highest BCUT2D eigenvalue weighted by atomic mass is 16.3. The lowest BCUT2D eigenvalue weighted by Crippen LogP contribution is -2.36. The Morgan fingerprint density at radius 3 is 2.81 bits per heavy atom. The van der Waals surface area contributed by atoms with Crippen molar-refractivity contribution in [2.24, 2.45) is 0 Å². The van der Waals surface area contributed by atoms with Crippen LogP contribution in [0.15, 0.2) is 16.7 Å². The van der Waals surface area contributed by atoms with Crippen LogP contribution in [0.3, 0.4) is 0 Å². The number of hydrogen-bond donors (Lipinski definition) is 1. The smallest absolute Gasteiger partial charge is 0.246 e. The Balaban J connectivity index is 1.95. The maximum Gasteiger partial charge on any atom is 0.246 e. The summed E-state index contributed by atoms with van der Waals surface area (Å²) < 4.78 is 5.24. The topological polar surface area (TPSA) is 62.6 Å². The Hall–Kier alpha value is -1.62. The van der Waals surface area contributed by atoms with Gasteiger partial charge in [0, 0.05) is 7.05 Å². The van der Waals surface area contributed by atoms with Gasteiger partial charge in [0.15, 0.2) is 0 Å². The van der Waals surface area contributed by atoms with Gasteiger partial charge in [0.05, 0.1) is 25.3 Å². The van der Waals surface area contributed by atoms with Gasteiger partial charge >= 0.3 is 0 Å². The maximum atomic E-state index is 11.6. The molecule has 1 aromatic heterocycles. The van der Waals surface area contributed by atoms with Crippen LogP contribution >= 0.6 is 0 Å². The minimum Gasteiger partial charge on any atom is -0.468 e. The van der Waals surface area contributed by atoms with E-state index in [4.69, 9.17) is 4.42 Å². The first-order valence-electron chi connectivity index (χ1n) is 5.16. The Morgan fingerprint density at radius 2 is 2.31 bits per heavy atom. The molecule has 86 valence electrons. The van der Waals surface area contributed by atoms with E-state index in [1.165, 1.54) is 7.05 Å². The van der Waals surface area contributed by atoms with Crippen LogP contribution in [-0.4, -0.2) is 29.8 Å². The molecule has 1 N–H and O–H groups in total. The van der Waals surface area contributed by atoms with Crippen molar-refractivity contribution < 1.29 is 14.0 Å². The molecule has 1 saturated heterocycles. The SMILES string of the molecule is Cc1ccoc1CNC1CC(=O)N(C)C1=O. The van der Waals surface area contributed by atoms with E-state index < -0.39 is 6.04 Å². The molecular formula is C11H14N2O3. The van der Waals surface area contributed by atoms with E-state index in [2.05, 4.69) is 5.32 Å². The van der Waals surface area contributed by atoms with Crippen molar-refractivity contribution in [2.75, 3.05) is 7.05 Å². The van der Waals surface area contributed by atoms with Crippen LogP contribution in [-0.2, 0) is 16.1 Å². The number of nitrogens with zero attached hydrogens (tertiary/aromatic N) is 1. The molecule has 0 saturated carbocycles. The highest BCUT2D eigenvalue weighted by Crippen LogP contribution is 2.13. The lowest BCUT2D eigenvalue weighted by atomic mass is 10.2. The molecule has 2 amide bonds. The van der Waals surface area contributed by atoms with E-state index in [1.54, 1.807) is 6.26 Å². The molecule has 0 bridgehead atoms. The first-order chi connectivity index (χ1) is 7.59. The van der Waals surface area contributed by atoms with E-state index in [1.807, 2.05) is 13.0 Å². The number of rotatable bonds is 3. The monoisotopic (exact) mass is 222 g/mol. The summed E-state index contributed by atoms with van der Waals surface area (Å²) in [6.45, 7) is 2.41. The first kappa shape index (κ1) is 10.9. The molecule has 1 fully saturated rings. The maximum absolute atomic E-state index is 11.6. The summed E-state index contributed by atoms with van der Waals surface area (Å²) >= 11 is 0. The van der Waals surface area contributed by atoms with Crippen molar-refractivity contribution in [1.82, 2.24) is 10.2 Å². The Bertz CT molecular complexity index is 425. The number of amides is 2. The van der Waals surface area contributed by atoms with Crippen LogP contribution < -0.4 is 5.32 Å². The van der Waals surface area contributed by atoms with Crippen LogP contribution in [0.2, 0.25) is 0 Å². The average molecular weight is 222 g/mol. The minimum absolute atomic E-state index is 0.140. The fraction of sp³-hybridized carbons (Fsp3) is 0.455. The summed E-state index contributed by atoms with van der Waals surface area (Å²) in [5, 5.41) is 3.03. The summed E-state index contributed by atoms with van der Waals surface area (Å²) in [7, 11) is 1.50. The quantitative estimate of drug-likeness (QED) is 0.753. The second-order valence-corrected chi connectivity index (χ2v) is 3.96. The average Bonchev–Trinajstić information content (AvgIpc) is 2.76. The summed E-state index contributed by atoms with van der Waals surface area (Å²) in [6.07, 6.45) is 1.84. The fourth-order valence-electron chi connectivity index (χ4n) is 1.72. The second kappa shape index (κ2) is 4.09. The predicted molar refractivity (Wildman–Crippen MR) is 56.5 cm³/mol. The molecule has 5 heteroatoms. The number of nitrogens with one attached hydrogen (secondary N) is 1. The number of aryl methyl sites for hydroxylation is 1. The summed E-state index contributed by atoms with van der Waals surface area (Å²) in [5.41, 5.74) is 1.04. The fourth-order valence-corrected chi connectivity index (χ4v) is 1.72. The van der Waals surface area contributed by atoms with Gasteiger partial charge in [0.2, 0.25) is 11.8 Å². The Labute approximate surface area is 93.4 Å². The molecule has 5 nitrogen and oxygen atoms in total. The molecule has 2 heterocycles. The molecule has 0 aromatic carbocycles. The molecule has 0 aliphatic carbocycles. The zero-order valence-electron chi connectivity index (χ0n) is 9.32. The molecule has 16 heavy (non-hydrogen) atoms. The molecule has 2 rings (SSSR count). The van der Waals surface area contributed by atoms with E-state index in [-0.39, 0.29) is 18.2 Å². The van der Waals surface area contributed by atoms with Crippen molar-refractivity contribution in [3.63, 3.8) is 0 Å². The number of carbonyl (C=O) groups excluding carboxylic acids is 2. The van der Waals surface area contributed by atoms with Crippen molar-refractivity contribution in [2.45, 2.75) is 25.9 Å². The Kier molecular flexibility index (Phi) is 2.78. The highest BCUT2D eigenvalue weighted by Gasteiger charge is 2.35. The van der Waals surface area contributed by atoms with Crippen LogP contribution in [0.25, 0.3) is 0 Å².